The van der Waals surface area contributed by atoms with Gasteiger partial charge in [0.15, 0.2) is 43.0 Å². The van der Waals surface area contributed by atoms with Gasteiger partial charge in [-0.25, -0.2) is 0 Å². The molecule has 10 atom stereocenters. The number of ether oxygens (including phenoxy) is 10. The molecule has 0 spiro atoms. The van der Waals surface area contributed by atoms with Crippen LogP contribution in [0.5, 0.6) is 0 Å². The Morgan fingerprint density at radius 1 is 0.540 bits per heavy atom. The lowest BCUT2D eigenvalue weighted by Gasteiger charge is -2.50. The van der Waals surface area contributed by atoms with Gasteiger partial charge in [0.1, 0.15) is 31.5 Å². The van der Waals surface area contributed by atoms with Crippen LogP contribution in [-0.2, 0) is 85.7 Å². The van der Waals surface area contributed by atoms with Crippen LogP contribution in [0.2, 0.25) is 0 Å². The predicted octanol–water partition coefficient (Wildman–Crippen LogP) is -0.359. The Morgan fingerprint density at radius 3 is 1.36 bits per heavy atom. The highest BCUT2D eigenvalue weighted by molar-refractivity contribution is 5.74. The third-order valence-electron chi connectivity index (χ3n) is 6.94. The summed E-state index contributed by atoms with van der Waals surface area (Å²) in [5, 5.41) is 0. The molecule has 1 amide bonds. The molecule has 2 rings (SSSR count). The molecule has 2 aliphatic heterocycles. The molecule has 0 radical (unpaired) electrons. The topological polar surface area (TPSA) is 232 Å². The molecular formula is C31H43NO18. The van der Waals surface area contributed by atoms with E-state index in [1.807, 2.05) is 0 Å². The summed E-state index contributed by atoms with van der Waals surface area (Å²) in [4.78, 5) is 99.2. The molecule has 2 aliphatic rings. The number of rotatable bonds is 14. The summed E-state index contributed by atoms with van der Waals surface area (Å²) < 4.78 is 56.2. The van der Waals surface area contributed by atoms with Gasteiger partial charge < -0.3 is 52.3 Å². The van der Waals surface area contributed by atoms with Gasteiger partial charge in [-0.05, 0) is 0 Å². The molecule has 2 fully saturated rings. The first-order chi connectivity index (χ1) is 23.4. The van der Waals surface area contributed by atoms with E-state index in [4.69, 9.17) is 47.4 Å². The van der Waals surface area contributed by atoms with Crippen LogP contribution in [0.4, 0.5) is 0 Å². The van der Waals surface area contributed by atoms with E-state index in [2.05, 4.69) is 6.58 Å². The minimum atomic E-state index is -1.83. The van der Waals surface area contributed by atoms with Crippen LogP contribution in [0.3, 0.4) is 0 Å². The zero-order valence-corrected chi connectivity index (χ0v) is 29.0. The molecule has 19 nitrogen and oxygen atoms in total. The molecule has 0 saturated carbocycles. The van der Waals surface area contributed by atoms with E-state index in [0.717, 1.165) is 53.4 Å². The van der Waals surface area contributed by atoms with E-state index in [1.165, 1.54) is 13.0 Å². The average Bonchev–Trinajstić information content (AvgIpc) is 2.97. The fourth-order valence-electron chi connectivity index (χ4n) is 5.29. The van der Waals surface area contributed by atoms with Crippen LogP contribution in [0.25, 0.3) is 0 Å². The van der Waals surface area contributed by atoms with E-state index < -0.39 is 122 Å². The number of hydrogen-bond acceptors (Lipinski definition) is 18. The van der Waals surface area contributed by atoms with Gasteiger partial charge in [-0.2, -0.15) is 0 Å². The fraction of sp³-hybridized carbons (Fsp3) is 0.677. The SMILES string of the molecule is C=CCN(C(C)=O)[C@@H]1O[C@H](COC(C)=O)[C@@H](O[C@@H]2O[C@H](COC(C)=O)[C@H](OC(C)=O)[C@H](OC(C)=O)[C@H]2OC(C)=O)[C@H](OC(C)=O)[C@H]1OC(C)=O. The summed E-state index contributed by atoms with van der Waals surface area (Å²) in [5.41, 5.74) is 0. The second kappa shape index (κ2) is 19.0. The van der Waals surface area contributed by atoms with Crippen molar-refractivity contribution in [1.29, 1.82) is 0 Å². The van der Waals surface area contributed by atoms with Gasteiger partial charge >= 0.3 is 41.8 Å². The van der Waals surface area contributed by atoms with Crippen LogP contribution >= 0.6 is 0 Å². The Bertz CT molecular complexity index is 1300. The van der Waals surface area contributed by atoms with Crippen molar-refractivity contribution in [2.24, 2.45) is 0 Å². The van der Waals surface area contributed by atoms with Gasteiger partial charge in [-0.15, -0.1) is 6.58 Å². The smallest absolute Gasteiger partial charge is 0.303 e. The Hall–Kier alpha value is -4.62. The van der Waals surface area contributed by atoms with Crippen LogP contribution in [0.15, 0.2) is 12.7 Å². The van der Waals surface area contributed by atoms with Crippen LogP contribution in [0, 0.1) is 0 Å². The highest BCUT2D eigenvalue weighted by Crippen LogP contribution is 2.36. The maximum Gasteiger partial charge on any atom is 0.303 e. The van der Waals surface area contributed by atoms with E-state index in [1.54, 1.807) is 0 Å². The van der Waals surface area contributed by atoms with Crippen LogP contribution in [-0.4, -0.2) is 134 Å². The van der Waals surface area contributed by atoms with E-state index in [0.29, 0.717) is 0 Å². The van der Waals surface area contributed by atoms with Gasteiger partial charge in [0.2, 0.25) is 5.91 Å². The monoisotopic (exact) mass is 717 g/mol. The molecule has 50 heavy (non-hydrogen) atoms. The fourth-order valence-corrected chi connectivity index (χ4v) is 5.29. The molecule has 0 aromatic rings. The molecule has 0 N–H and O–H groups in total. The van der Waals surface area contributed by atoms with Gasteiger partial charge in [-0.3, -0.25) is 38.4 Å². The summed E-state index contributed by atoms with van der Waals surface area (Å²) in [5.74, 6) is -6.61. The van der Waals surface area contributed by atoms with Crippen molar-refractivity contribution in [2.75, 3.05) is 19.8 Å². The van der Waals surface area contributed by atoms with Crippen LogP contribution in [0.1, 0.15) is 55.4 Å². The van der Waals surface area contributed by atoms with E-state index in [-0.39, 0.29) is 6.54 Å². The average molecular weight is 718 g/mol. The number of nitrogens with zero attached hydrogens (tertiary/aromatic N) is 1. The molecule has 19 heteroatoms. The van der Waals surface area contributed by atoms with Gasteiger partial charge in [-0.1, -0.05) is 6.08 Å². The van der Waals surface area contributed by atoms with Crippen molar-refractivity contribution < 1.29 is 85.7 Å². The highest BCUT2D eigenvalue weighted by Gasteiger charge is 2.58. The highest BCUT2D eigenvalue weighted by atomic mass is 16.8. The van der Waals surface area contributed by atoms with Gasteiger partial charge in [0, 0.05) is 61.9 Å². The van der Waals surface area contributed by atoms with E-state index in [9.17, 15) is 38.4 Å². The third kappa shape index (κ3) is 12.1. The first-order valence-electron chi connectivity index (χ1n) is 15.3. The summed E-state index contributed by atoms with van der Waals surface area (Å²) in [6, 6.07) is 0. The summed E-state index contributed by atoms with van der Waals surface area (Å²) in [6.45, 7) is 10.9. The lowest BCUT2D eigenvalue weighted by atomic mass is 9.95. The number of hydrogen-bond donors (Lipinski definition) is 0. The lowest BCUT2D eigenvalue weighted by Crippen LogP contribution is -2.69. The number of carbonyl (C=O) groups excluding carboxylic acids is 8. The Morgan fingerprint density at radius 2 is 0.940 bits per heavy atom. The molecule has 2 heterocycles. The first kappa shape index (κ1) is 41.6. The molecule has 0 aromatic carbocycles. The van der Waals surface area contributed by atoms with Crippen molar-refractivity contribution in [1.82, 2.24) is 4.90 Å². The lowest BCUT2D eigenvalue weighted by molar-refractivity contribution is -0.350. The maximum atomic E-state index is 12.7. The normalized spacial score (nSPS) is 28.9. The predicted molar refractivity (Wildman–Crippen MR) is 161 cm³/mol. The quantitative estimate of drug-likeness (QED) is 0.127. The summed E-state index contributed by atoms with van der Waals surface area (Å²) in [7, 11) is 0. The Balaban J connectivity index is 2.81. The molecule has 0 aliphatic carbocycles. The van der Waals surface area contributed by atoms with Crippen molar-refractivity contribution >= 4 is 47.7 Å². The Kier molecular flexibility index (Phi) is 15.8. The van der Waals surface area contributed by atoms with Gasteiger partial charge in [0.05, 0.1) is 0 Å². The zero-order valence-electron chi connectivity index (χ0n) is 29.0. The minimum absolute atomic E-state index is 0.129. The molecule has 280 valence electrons. The van der Waals surface area contributed by atoms with Crippen LogP contribution < -0.4 is 0 Å². The summed E-state index contributed by atoms with van der Waals surface area (Å²) >= 11 is 0. The van der Waals surface area contributed by atoms with Crippen molar-refractivity contribution in [3.05, 3.63) is 12.7 Å². The Labute approximate surface area is 287 Å². The molecular weight excluding hydrogens is 674 g/mol. The molecule has 2 saturated heterocycles. The standard InChI is InChI=1S/C31H43NO18/c1-10-11-32(14(2)33)30-28(46-20(8)39)26(44-18(6)37)25(22(48-30)12-41-15(3)34)50-31-29(47-21(9)40)27(45-19(7)38)24(43-17(5)36)23(49-31)13-42-16(4)35/h10,22-31H,1,11-13H2,2-9H3/t22-,23-,24+,25-,26+,27+,28-,29-,30-,31+/m1/s1. The van der Waals surface area contributed by atoms with E-state index >= 15 is 0 Å². The number of carbonyl (C=O) groups is 8. The third-order valence-corrected chi connectivity index (χ3v) is 6.94. The summed E-state index contributed by atoms with van der Waals surface area (Å²) in [6.07, 6.45) is -14.5. The van der Waals surface area contributed by atoms with Gasteiger partial charge in [0.25, 0.3) is 0 Å². The number of esters is 7. The minimum Gasteiger partial charge on any atom is -0.463 e. The molecule has 0 bridgehead atoms. The molecule has 0 unspecified atom stereocenters. The van der Waals surface area contributed by atoms with Crippen molar-refractivity contribution in [3.8, 4) is 0 Å². The second-order valence-electron chi connectivity index (χ2n) is 11.1. The zero-order chi connectivity index (χ0) is 37.9. The molecule has 0 aromatic heterocycles. The van der Waals surface area contributed by atoms with Crippen molar-refractivity contribution in [3.63, 3.8) is 0 Å². The number of amides is 1. The van der Waals surface area contributed by atoms with Crippen molar-refractivity contribution in [2.45, 2.75) is 117 Å². The maximum absolute atomic E-state index is 12.7. The first-order valence-corrected chi connectivity index (χ1v) is 15.3. The largest absolute Gasteiger partial charge is 0.463 e. The second-order valence-corrected chi connectivity index (χ2v) is 11.1.